The van der Waals surface area contributed by atoms with E-state index < -0.39 is 0 Å². The van der Waals surface area contributed by atoms with Gasteiger partial charge in [0.05, 0.1) is 23.0 Å². The first-order valence-electron chi connectivity index (χ1n) is 15.9. The Balaban J connectivity index is 1.02. The molecule has 0 spiro atoms. The number of anilines is 1. The lowest BCUT2D eigenvalue weighted by Crippen LogP contribution is -2.37. The zero-order chi connectivity index (χ0) is 29.8. The first-order valence-corrected chi connectivity index (χ1v) is 15.9. The Morgan fingerprint density at radius 1 is 0.860 bits per heavy atom. The van der Waals surface area contributed by atoms with Crippen molar-refractivity contribution in [2.24, 2.45) is 17.8 Å². The van der Waals surface area contributed by atoms with E-state index in [0.29, 0.717) is 29.9 Å². The SMILES string of the molecule is Cc1nc(NCc2ccccc2)nc(C)c1C(=O)N1CC2CN(CC[C@H](NC(=O)C3CCCC3)c3ccccc3)CC2C1. The van der Waals surface area contributed by atoms with Crippen LogP contribution in [-0.4, -0.2) is 64.3 Å². The van der Waals surface area contributed by atoms with Crippen LogP contribution in [0.1, 0.15) is 71.0 Å². The van der Waals surface area contributed by atoms with Gasteiger partial charge in [-0.25, -0.2) is 9.97 Å². The summed E-state index contributed by atoms with van der Waals surface area (Å²) in [5, 5.41) is 6.68. The Morgan fingerprint density at radius 3 is 2.09 bits per heavy atom. The minimum absolute atomic E-state index is 0.0314. The van der Waals surface area contributed by atoms with E-state index in [0.717, 1.165) is 81.8 Å². The lowest BCUT2D eigenvalue weighted by molar-refractivity contribution is -0.125. The third-order valence-electron chi connectivity index (χ3n) is 9.61. The van der Waals surface area contributed by atoms with Crippen LogP contribution < -0.4 is 10.6 Å². The molecule has 2 amide bonds. The molecule has 3 atom stereocenters. The van der Waals surface area contributed by atoms with Crippen LogP contribution in [0, 0.1) is 31.6 Å². The number of amides is 2. The standard InChI is InChI=1S/C35H44N6O2/c1-24-32(25(2)38-35(37-24)36-19-26-11-5-3-6-12-26)34(43)41-22-29-20-40(21-30(29)23-41)18-17-31(27-13-7-4-8-14-27)39-33(42)28-15-9-10-16-28/h3-8,11-14,28-31H,9-10,15-23H2,1-2H3,(H,39,42)(H,36,37,38)/t29?,30?,31-/m0/s1. The van der Waals surface area contributed by atoms with Gasteiger partial charge >= 0.3 is 0 Å². The van der Waals surface area contributed by atoms with Gasteiger partial charge in [0, 0.05) is 45.2 Å². The molecule has 2 N–H and O–H groups in total. The predicted molar refractivity (Wildman–Crippen MR) is 168 cm³/mol. The van der Waals surface area contributed by atoms with E-state index in [1.165, 1.54) is 5.56 Å². The monoisotopic (exact) mass is 580 g/mol. The fourth-order valence-corrected chi connectivity index (χ4v) is 7.28. The Morgan fingerprint density at radius 2 is 1.47 bits per heavy atom. The normalized spacial score (nSPS) is 21.1. The van der Waals surface area contributed by atoms with Crippen molar-refractivity contribution in [3.05, 3.63) is 88.7 Å². The number of aryl methyl sites for hydroxylation is 2. The first kappa shape index (κ1) is 29.3. The van der Waals surface area contributed by atoms with Gasteiger partial charge in [-0.05, 0) is 56.1 Å². The number of rotatable bonds is 10. The molecule has 8 nitrogen and oxygen atoms in total. The van der Waals surface area contributed by atoms with Gasteiger partial charge in [0.25, 0.3) is 5.91 Å². The number of nitrogens with one attached hydrogen (secondary N) is 2. The number of carbonyl (C=O) groups excluding carboxylic acids is 2. The second kappa shape index (κ2) is 13.2. The third kappa shape index (κ3) is 6.90. The van der Waals surface area contributed by atoms with E-state index in [-0.39, 0.29) is 23.8 Å². The molecule has 2 aliphatic heterocycles. The van der Waals surface area contributed by atoms with Crippen molar-refractivity contribution >= 4 is 17.8 Å². The Bertz CT molecular complexity index is 1370. The van der Waals surface area contributed by atoms with Gasteiger partial charge in [0.15, 0.2) is 0 Å². The highest BCUT2D eigenvalue weighted by atomic mass is 16.2. The lowest BCUT2D eigenvalue weighted by Gasteiger charge is -2.26. The molecule has 3 aromatic rings. The molecule has 6 rings (SSSR count). The number of likely N-dealkylation sites (tertiary alicyclic amines) is 2. The van der Waals surface area contributed by atoms with Crippen LogP contribution in [0.5, 0.6) is 0 Å². The number of hydrogen-bond acceptors (Lipinski definition) is 6. The van der Waals surface area contributed by atoms with Gasteiger partial charge in [0.2, 0.25) is 11.9 Å². The molecular weight excluding hydrogens is 536 g/mol. The van der Waals surface area contributed by atoms with Crippen molar-refractivity contribution in [1.29, 1.82) is 0 Å². The van der Waals surface area contributed by atoms with E-state index in [2.05, 4.69) is 61.9 Å². The van der Waals surface area contributed by atoms with Gasteiger partial charge in [-0.1, -0.05) is 73.5 Å². The number of carbonyl (C=O) groups is 2. The van der Waals surface area contributed by atoms with E-state index in [4.69, 9.17) is 0 Å². The molecule has 0 radical (unpaired) electrons. The van der Waals surface area contributed by atoms with Crippen LogP contribution in [-0.2, 0) is 11.3 Å². The zero-order valence-corrected chi connectivity index (χ0v) is 25.5. The van der Waals surface area contributed by atoms with E-state index in [9.17, 15) is 9.59 Å². The molecule has 1 aliphatic carbocycles. The van der Waals surface area contributed by atoms with Crippen molar-refractivity contribution in [1.82, 2.24) is 25.1 Å². The average Bonchev–Trinajstić information content (AvgIpc) is 3.77. The van der Waals surface area contributed by atoms with E-state index >= 15 is 0 Å². The van der Waals surface area contributed by atoms with Crippen LogP contribution >= 0.6 is 0 Å². The largest absolute Gasteiger partial charge is 0.350 e. The number of aromatic nitrogens is 2. The summed E-state index contributed by atoms with van der Waals surface area (Å²) >= 11 is 0. The lowest BCUT2D eigenvalue weighted by atomic mass is 10.0. The summed E-state index contributed by atoms with van der Waals surface area (Å²) in [5.41, 5.74) is 4.41. The maximum absolute atomic E-state index is 13.6. The van der Waals surface area contributed by atoms with Crippen molar-refractivity contribution in [2.45, 2.75) is 58.5 Å². The Kier molecular flexibility index (Phi) is 9.03. The fourth-order valence-electron chi connectivity index (χ4n) is 7.28. The minimum atomic E-state index is 0.0314. The van der Waals surface area contributed by atoms with Crippen molar-refractivity contribution in [2.75, 3.05) is 38.0 Å². The maximum atomic E-state index is 13.6. The van der Waals surface area contributed by atoms with Gasteiger partial charge in [0.1, 0.15) is 0 Å². The summed E-state index contributed by atoms with van der Waals surface area (Å²) < 4.78 is 0. The molecule has 2 unspecified atom stereocenters. The molecular formula is C35H44N6O2. The van der Waals surface area contributed by atoms with Crippen molar-refractivity contribution < 1.29 is 9.59 Å². The molecule has 1 saturated carbocycles. The van der Waals surface area contributed by atoms with Gasteiger partial charge in [-0.15, -0.1) is 0 Å². The molecule has 226 valence electrons. The molecule has 1 aromatic heterocycles. The zero-order valence-electron chi connectivity index (χ0n) is 25.5. The Labute approximate surface area is 255 Å². The van der Waals surface area contributed by atoms with Crippen molar-refractivity contribution in [3.63, 3.8) is 0 Å². The summed E-state index contributed by atoms with van der Waals surface area (Å²) in [6.07, 6.45) is 5.24. The quantitative estimate of drug-likeness (QED) is 0.345. The second-order valence-electron chi connectivity index (χ2n) is 12.7. The number of hydrogen-bond donors (Lipinski definition) is 2. The smallest absolute Gasteiger partial charge is 0.257 e. The number of fused-ring (bicyclic) bond motifs is 1. The van der Waals surface area contributed by atoms with Crippen LogP contribution in [0.15, 0.2) is 60.7 Å². The summed E-state index contributed by atoms with van der Waals surface area (Å²) in [5.74, 6) is 1.93. The van der Waals surface area contributed by atoms with E-state index in [1.54, 1.807) is 0 Å². The third-order valence-corrected chi connectivity index (χ3v) is 9.61. The van der Waals surface area contributed by atoms with Crippen LogP contribution in [0.3, 0.4) is 0 Å². The van der Waals surface area contributed by atoms with Gasteiger partial charge in [-0.2, -0.15) is 0 Å². The molecule has 3 heterocycles. The minimum Gasteiger partial charge on any atom is -0.350 e. The van der Waals surface area contributed by atoms with Gasteiger partial charge in [-0.3, -0.25) is 9.59 Å². The number of nitrogens with zero attached hydrogens (tertiary/aromatic N) is 4. The predicted octanol–water partition coefficient (Wildman–Crippen LogP) is 5.15. The second-order valence-corrected chi connectivity index (χ2v) is 12.7. The van der Waals surface area contributed by atoms with Crippen LogP contribution in [0.2, 0.25) is 0 Å². The topological polar surface area (TPSA) is 90.5 Å². The molecule has 43 heavy (non-hydrogen) atoms. The molecule has 0 bridgehead atoms. The molecule has 2 aromatic carbocycles. The highest BCUT2D eigenvalue weighted by Crippen LogP contribution is 2.33. The molecule has 2 saturated heterocycles. The molecule has 8 heteroatoms. The van der Waals surface area contributed by atoms with E-state index in [1.807, 2.05) is 43.0 Å². The summed E-state index contributed by atoms with van der Waals surface area (Å²) in [6.45, 7) is 8.91. The van der Waals surface area contributed by atoms with Crippen LogP contribution in [0.4, 0.5) is 5.95 Å². The maximum Gasteiger partial charge on any atom is 0.257 e. The van der Waals surface area contributed by atoms with Crippen LogP contribution in [0.25, 0.3) is 0 Å². The summed E-state index contributed by atoms with van der Waals surface area (Å²) in [7, 11) is 0. The summed E-state index contributed by atoms with van der Waals surface area (Å²) in [4.78, 5) is 40.4. The number of benzene rings is 2. The molecule has 3 aliphatic rings. The average molecular weight is 581 g/mol. The highest BCUT2D eigenvalue weighted by molar-refractivity contribution is 5.96. The fraction of sp³-hybridized carbons (Fsp3) is 0.486. The molecule has 3 fully saturated rings. The van der Waals surface area contributed by atoms with Crippen molar-refractivity contribution in [3.8, 4) is 0 Å². The summed E-state index contributed by atoms with van der Waals surface area (Å²) in [6, 6.07) is 20.6. The Hall–Kier alpha value is -3.78. The van der Waals surface area contributed by atoms with Gasteiger partial charge < -0.3 is 20.4 Å². The highest BCUT2D eigenvalue weighted by Gasteiger charge is 2.42. The first-order chi connectivity index (χ1) is 20.9.